The molecule has 1 aliphatic heterocycles. The van der Waals surface area contributed by atoms with Gasteiger partial charge in [0.05, 0.1) is 5.92 Å². The van der Waals surface area contributed by atoms with Crippen LogP contribution in [0.3, 0.4) is 0 Å². The summed E-state index contributed by atoms with van der Waals surface area (Å²) in [6.07, 6.45) is 4.49. The fourth-order valence-electron chi connectivity index (χ4n) is 3.03. The Labute approximate surface area is 136 Å². The van der Waals surface area contributed by atoms with Gasteiger partial charge in [-0.1, -0.05) is 30.3 Å². The fourth-order valence-corrected chi connectivity index (χ4v) is 3.03. The molecule has 1 N–H and O–H groups in total. The van der Waals surface area contributed by atoms with E-state index in [-0.39, 0.29) is 11.8 Å². The topological polar surface area (TPSA) is 58.1 Å². The molecule has 1 unspecified atom stereocenters. The third-order valence-corrected chi connectivity index (χ3v) is 4.26. The van der Waals surface area contributed by atoms with Gasteiger partial charge < -0.3 is 10.2 Å². The van der Waals surface area contributed by atoms with Gasteiger partial charge in [0.2, 0.25) is 5.91 Å². The van der Waals surface area contributed by atoms with E-state index >= 15 is 0 Å². The van der Waals surface area contributed by atoms with E-state index in [0.717, 1.165) is 44.0 Å². The van der Waals surface area contributed by atoms with Gasteiger partial charge >= 0.3 is 0 Å². The Morgan fingerprint density at radius 3 is 2.91 bits per heavy atom. The largest absolute Gasteiger partial charge is 0.359 e. The van der Waals surface area contributed by atoms with Crippen LogP contribution in [0.5, 0.6) is 0 Å². The standard InChI is InChI=1S/C18H22N4O/c1-19-18(23)15-8-5-11-22(13-15)17-9-10-20-16(21-17)12-14-6-3-2-4-7-14/h2-4,6-7,9-10,15H,5,8,11-13H2,1H3,(H,19,23). The second kappa shape index (κ2) is 7.22. The van der Waals surface area contributed by atoms with Crippen molar-refractivity contribution >= 4 is 11.7 Å². The first kappa shape index (κ1) is 15.5. The van der Waals surface area contributed by atoms with Crippen molar-refractivity contribution < 1.29 is 4.79 Å². The molecule has 23 heavy (non-hydrogen) atoms. The molecule has 0 aliphatic carbocycles. The van der Waals surface area contributed by atoms with Crippen molar-refractivity contribution in [3.05, 3.63) is 54.0 Å². The van der Waals surface area contributed by atoms with Crippen LogP contribution in [0.25, 0.3) is 0 Å². The number of hydrogen-bond acceptors (Lipinski definition) is 4. The zero-order valence-corrected chi connectivity index (χ0v) is 13.4. The minimum absolute atomic E-state index is 0.0429. The van der Waals surface area contributed by atoms with Crippen LogP contribution in [-0.4, -0.2) is 36.0 Å². The Kier molecular flexibility index (Phi) is 4.86. The summed E-state index contributed by atoms with van der Waals surface area (Å²) in [5.74, 6) is 1.89. The number of rotatable bonds is 4. The molecule has 1 aromatic carbocycles. The average molecular weight is 310 g/mol. The number of anilines is 1. The molecular formula is C18H22N4O. The first-order valence-corrected chi connectivity index (χ1v) is 8.08. The molecule has 1 atom stereocenters. The highest BCUT2D eigenvalue weighted by Gasteiger charge is 2.25. The Hall–Kier alpha value is -2.43. The number of hydrogen-bond donors (Lipinski definition) is 1. The maximum atomic E-state index is 11.9. The van der Waals surface area contributed by atoms with Crippen LogP contribution >= 0.6 is 0 Å². The van der Waals surface area contributed by atoms with Crippen LogP contribution < -0.4 is 10.2 Å². The number of aromatic nitrogens is 2. The number of amides is 1. The smallest absolute Gasteiger partial charge is 0.224 e. The molecule has 1 amide bonds. The SMILES string of the molecule is CNC(=O)C1CCCN(c2ccnc(Cc3ccccc3)n2)C1. The van der Waals surface area contributed by atoms with E-state index in [1.807, 2.05) is 30.5 Å². The van der Waals surface area contributed by atoms with Crippen LogP contribution in [0.15, 0.2) is 42.6 Å². The lowest BCUT2D eigenvalue weighted by atomic mass is 9.97. The van der Waals surface area contributed by atoms with E-state index < -0.39 is 0 Å². The molecule has 3 rings (SSSR count). The molecule has 5 heteroatoms. The molecule has 1 aromatic heterocycles. The lowest BCUT2D eigenvalue weighted by Gasteiger charge is -2.32. The summed E-state index contributed by atoms with van der Waals surface area (Å²) in [5, 5.41) is 2.75. The summed E-state index contributed by atoms with van der Waals surface area (Å²) in [7, 11) is 1.70. The van der Waals surface area contributed by atoms with Crippen molar-refractivity contribution in [3.8, 4) is 0 Å². The number of benzene rings is 1. The monoisotopic (exact) mass is 310 g/mol. The second-order valence-corrected chi connectivity index (χ2v) is 5.89. The molecule has 1 aliphatic rings. The summed E-state index contributed by atoms with van der Waals surface area (Å²) < 4.78 is 0. The number of nitrogens with one attached hydrogen (secondary N) is 1. The zero-order valence-electron chi connectivity index (χ0n) is 13.4. The highest BCUT2D eigenvalue weighted by molar-refractivity contribution is 5.79. The summed E-state index contributed by atoms with van der Waals surface area (Å²) >= 11 is 0. The molecular weight excluding hydrogens is 288 g/mol. The Balaban J connectivity index is 1.73. The van der Waals surface area contributed by atoms with E-state index in [1.54, 1.807) is 7.05 Å². The molecule has 0 saturated carbocycles. The number of piperidine rings is 1. The summed E-state index contributed by atoms with van der Waals surface area (Å²) in [5.41, 5.74) is 1.20. The lowest BCUT2D eigenvalue weighted by molar-refractivity contribution is -0.124. The van der Waals surface area contributed by atoms with E-state index in [4.69, 9.17) is 4.98 Å². The third kappa shape index (κ3) is 3.86. The van der Waals surface area contributed by atoms with Crippen molar-refractivity contribution in [1.29, 1.82) is 0 Å². The molecule has 1 saturated heterocycles. The third-order valence-electron chi connectivity index (χ3n) is 4.26. The van der Waals surface area contributed by atoms with Gasteiger partial charge in [-0.05, 0) is 24.5 Å². The van der Waals surface area contributed by atoms with Crippen LogP contribution in [-0.2, 0) is 11.2 Å². The Bertz CT molecular complexity index is 659. The van der Waals surface area contributed by atoms with Gasteiger partial charge in [-0.3, -0.25) is 4.79 Å². The molecule has 120 valence electrons. The zero-order chi connectivity index (χ0) is 16.1. The first-order chi connectivity index (χ1) is 11.3. The van der Waals surface area contributed by atoms with E-state index in [1.165, 1.54) is 5.56 Å². The van der Waals surface area contributed by atoms with Crippen molar-refractivity contribution in [2.24, 2.45) is 5.92 Å². The van der Waals surface area contributed by atoms with Crippen LogP contribution in [0.2, 0.25) is 0 Å². The summed E-state index contributed by atoms with van der Waals surface area (Å²) in [4.78, 5) is 23.2. The van der Waals surface area contributed by atoms with Gasteiger partial charge in [0.25, 0.3) is 0 Å². The van der Waals surface area contributed by atoms with E-state index in [2.05, 4.69) is 27.3 Å². The van der Waals surface area contributed by atoms with Gasteiger partial charge in [0.1, 0.15) is 11.6 Å². The maximum Gasteiger partial charge on any atom is 0.224 e. The lowest BCUT2D eigenvalue weighted by Crippen LogP contribution is -2.42. The summed E-state index contributed by atoms with van der Waals surface area (Å²) in [6.45, 7) is 1.66. The molecule has 0 radical (unpaired) electrons. The minimum atomic E-state index is 0.0429. The van der Waals surface area contributed by atoms with E-state index in [9.17, 15) is 4.79 Å². The van der Waals surface area contributed by atoms with Crippen LogP contribution in [0, 0.1) is 5.92 Å². The second-order valence-electron chi connectivity index (χ2n) is 5.89. The van der Waals surface area contributed by atoms with Gasteiger partial charge in [0, 0.05) is 32.8 Å². The predicted octanol–water partition coefficient (Wildman–Crippen LogP) is 2.03. The Morgan fingerprint density at radius 1 is 1.30 bits per heavy atom. The molecule has 0 bridgehead atoms. The molecule has 0 spiro atoms. The first-order valence-electron chi connectivity index (χ1n) is 8.08. The summed E-state index contributed by atoms with van der Waals surface area (Å²) in [6, 6.07) is 12.2. The van der Waals surface area contributed by atoms with Crippen molar-refractivity contribution in [2.75, 3.05) is 25.0 Å². The molecule has 5 nitrogen and oxygen atoms in total. The normalized spacial score (nSPS) is 17.8. The van der Waals surface area contributed by atoms with Gasteiger partial charge in [-0.15, -0.1) is 0 Å². The maximum absolute atomic E-state index is 11.9. The molecule has 2 aromatic rings. The van der Waals surface area contributed by atoms with Crippen molar-refractivity contribution in [2.45, 2.75) is 19.3 Å². The van der Waals surface area contributed by atoms with Gasteiger partial charge in [-0.25, -0.2) is 9.97 Å². The highest BCUT2D eigenvalue weighted by Crippen LogP contribution is 2.22. The van der Waals surface area contributed by atoms with Gasteiger partial charge in [0.15, 0.2) is 0 Å². The number of carbonyl (C=O) groups excluding carboxylic acids is 1. The predicted molar refractivity (Wildman–Crippen MR) is 90.3 cm³/mol. The van der Waals surface area contributed by atoms with Crippen molar-refractivity contribution in [3.63, 3.8) is 0 Å². The Morgan fingerprint density at radius 2 is 2.13 bits per heavy atom. The average Bonchev–Trinajstić information content (AvgIpc) is 2.62. The van der Waals surface area contributed by atoms with Crippen LogP contribution in [0.1, 0.15) is 24.2 Å². The van der Waals surface area contributed by atoms with Crippen LogP contribution in [0.4, 0.5) is 5.82 Å². The van der Waals surface area contributed by atoms with Gasteiger partial charge in [-0.2, -0.15) is 0 Å². The number of carbonyl (C=O) groups is 1. The molecule has 2 heterocycles. The van der Waals surface area contributed by atoms with E-state index in [0.29, 0.717) is 0 Å². The minimum Gasteiger partial charge on any atom is -0.359 e. The number of nitrogens with zero attached hydrogens (tertiary/aromatic N) is 3. The molecule has 1 fully saturated rings. The quantitative estimate of drug-likeness (QED) is 0.939. The fraction of sp³-hybridized carbons (Fsp3) is 0.389. The van der Waals surface area contributed by atoms with Crippen molar-refractivity contribution in [1.82, 2.24) is 15.3 Å². The highest BCUT2D eigenvalue weighted by atomic mass is 16.1.